The molecule has 0 aromatic carbocycles. The van der Waals surface area contributed by atoms with Crippen LogP contribution in [0.15, 0.2) is 18.3 Å². The zero-order chi connectivity index (χ0) is 15.2. The molecule has 1 aromatic heterocycles. The van der Waals surface area contributed by atoms with E-state index in [0.717, 1.165) is 31.5 Å². The third-order valence-electron chi connectivity index (χ3n) is 4.52. The molecule has 0 amide bonds. The molecule has 0 aliphatic heterocycles. The molecule has 0 radical (unpaired) electrons. The summed E-state index contributed by atoms with van der Waals surface area (Å²) in [7, 11) is 4.38. The zero-order valence-corrected chi connectivity index (χ0v) is 14.0. The van der Waals surface area contributed by atoms with Crippen LogP contribution >= 0.6 is 0 Å². The molecule has 0 aliphatic rings. The molecule has 0 saturated heterocycles. The number of hydrogen-bond donors (Lipinski definition) is 1. The number of hydrogen-bond acceptors (Lipinski definition) is 3. The maximum atomic E-state index is 4.49. The van der Waals surface area contributed by atoms with Gasteiger partial charge in [0.25, 0.3) is 0 Å². The first-order valence-electron chi connectivity index (χ1n) is 7.85. The topological polar surface area (TPSA) is 28.2 Å². The number of nitrogens with zero attached hydrogens (tertiary/aromatic N) is 2. The lowest BCUT2D eigenvalue weighted by molar-refractivity contribution is 0.0879. The number of likely N-dealkylation sites (N-methyl/N-ethyl adjacent to an activating group) is 1. The fraction of sp³-hybridized carbons (Fsp3) is 0.706. The second-order valence-electron chi connectivity index (χ2n) is 5.83. The third kappa shape index (κ3) is 3.58. The van der Waals surface area contributed by atoms with Gasteiger partial charge < -0.3 is 10.2 Å². The van der Waals surface area contributed by atoms with Gasteiger partial charge in [-0.2, -0.15) is 0 Å². The highest BCUT2D eigenvalue weighted by Crippen LogP contribution is 2.35. The number of aryl methyl sites for hydroxylation is 1. The first-order chi connectivity index (χ1) is 9.51. The summed E-state index contributed by atoms with van der Waals surface area (Å²) in [5, 5.41) is 3.75. The molecule has 1 N–H and O–H groups in total. The summed E-state index contributed by atoms with van der Waals surface area (Å²) < 4.78 is 0. The minimum absolute atomic E-state index is 0.131. The Morgan fingerprint density at radius 3 is 2.25 bits per heavy atom. The van der Waals surface area contributed by atoms with Gasteiger partial charge in [0.05, 0.1) is 6.04 Å². The summed E-state index contributed by atoms with van der Waals surface area (Å²) in [6, 6.07) is 4.65. The molecule has 0 fully saturated rings. The van der Waals surface area contributed by atoms with E-state index in [4.69, 9.17) is 0 Å². The van der Waals surface area contributed by atoms with Gasteiger partial charge >= 0.3 is 0 Å². The van der Waals surface area contributed by atoms with E-state index in [0.29, 0.717) is 6.04 Å². The van der Waals surface area contributed by atoms with Gasteiger partial charge in [0.2, 0.25) is 0 Å². The molecule has 1 unspecified atom stereocenters. The highest BCUT2D eigenvalue weighted by molar-refractivity contribution is 5.22. The minimum Gasteiger partial charge on any atom is -0.308 e. The average Bonchev–Trinajstić information content (AvgIpc) is 2.44. The van der Waals surface area contributed by atoms with Gasteiger partial charge in [-0.05, 0) is 58.5 Å². The van der Waals surface area contributed by atoms with E-state index >= 15 is 0 Å². The predicted molar refractivity (Wildman–Crippen MR) is 87.0 cm³/mol. The predicted octanol–water partition coefficient (Wildman–Crippen LogP) is 3.55. The van der Waals surface area contributed by atoms with E-state index in [9.17, 15) is 0 Å². The number of aromatic nitrogens is 1. The SMILES string of the molecule is CCCNC(c1ccc(C)nc1)C(CC)(CC)N(C)C. The first kappa shape index (κ1) is 17.1. The average molecular weight is 277 g/mol. The Labute approximate surface area is 124 Å². The monoisotopic (exact) mass is 277 g/mol. The van der Waals surface area contributed by atoms with Gasteiger partial charge in [-0.1, -0.05) is 26.8 Å². The lowest BCUT2D eigenvalue weighted by Gasteiger charge is -2.45. The summed E-state index contributed by atoms with van der Waals surface area (Å²) in [6.07, 6.45) is 5.41. The van der Waals surface area contributed by atoms with Crippen molar-refractivity contribution in [2.24, 2.45) is 0 Å². The molecule has 3 heteroatoms. The highest BCUT2D eigenvalue weighted by atomic mass is 15.2. The van der Waals surface area contributed by atoms with Crippen LogP contribution in [0.1, 0.15) is 57.3 Å². The van der Waals surface area contributed by atoms with E-state index < -0.39 is 0 Å². The number of rotatable bonds is 8. The molecule has 0 aliphatic carbocycles. The molecule has 1 aromatic rings. The van der Waals surface area contributed by atoms with Crippen LogP contribution in [0.4, 0.5) is 0 Å². The minimum atomic E-state index is 0.131. The van der Waals surface area contributed by atoms with Gasteiger partial charge in [-0.15, -0.1) is 0 Å². The van der Waals surface area contributed by atoms with E-state index in [2.05, 4.69) is 62.2 Å². The van der Waals surface area contributed by atoms with Crippen molar-refractivity contribution in [1.29, 1.82) is 0 Å². The van der Waals surface area contributed by atoms with Gasteiger partial charge in [0.15, 0.2) is 0 Å². The molecule has 1 heterocycles. The quantitative estimate of drug-likeness (QED) is 0.787. The van der Waals surface area contributed by atoms with Crippen LogP contribution in [0.2, 0.25) is 0 Å². The van der Waals surface area contributed by atoms with Crippen LogP contribution in [0.25, 0.3) is 0 Å². The molecular weight excluding hydrogens is 246 g/mol. The normalized spacial score (nSPS) is 13.8. The van der Waals surface area contributed by atoms with Crippen molar-refractivity contribution in [1.82, 2.24) is 15.2 Å². The van der Waals surface area contributed by atoms with Crippen molar-refractivity contribution in [3.05, 3.63) is 29.6 Å². The van der Waals surface area contributed by atoms with E-state index in [1.54, 1.807) is 0 Å². The fourth-order valence-electron chi connectivity index (χ4n) is 3.11. The molecule has 114 valence electrons. The van der Waals surface area contributed by atoms with E-state index in [1.165, 1.54) is 5.56 Å². The van der Waals surface area contributed by atoms with Crippen LogP contribution in [0.5, 0.6) is 0 Å². The van der Waals surface area contributed by atoms with Crippen molar-refractivity contribution in [3.8, 4) is 0 Å². The molecule has 0 spiro atoms. The Morgan fingerprint density at radius 2 is 1.85 bits per heavy atom. The highest BCUT2D eigenvalue weighted by Gasteiger charge is 2.38. The Kier molecular flexibility index (Phi) is 6.63. The van der Waals surface area contributed by atoms with E-state index in [-0.39, 0.29) is 5.54 Å². The molecule has 3 nitrogen and oxygen atoms in total. The number of nitrogens with one attached hydrogen (secondary N) is 1. The van der Waals surface area contributed by atoms with Gasteiger partial charge in [-0.3, -0.25) is 4.98 Å². The smallest absolute Gasteiger partial charge is 0.0522 e. The third-order valence-corrected chi connectivity index (χ3v) is 4.52. The van der Waals surface area contributed by atoms with Gasteiger partial charge in [0, 0.05) is 17.4 Å². The van der Waals surface area contributed by atoms with Crippen LogP contribution in [0.3, 0.4) is 0 Å². The van der Waals surface area contributed by atoms with Gasteiger partial charge in [-0.25, -0.2) is 0 Å². The standard InChI is InChI=1S/C17H31N3/c1-7-12-18-16(15-11-10-14(4)19-13-15)17(8-2,9-3)20(5)6/h10-11,13,16,18H,7-9,12H2,1-6H3. The maximum Gasteiger partial charge on any atom is 0.0522 e. The zero-order valence-electron chi connectivity index (χ0n) is 14.0. The maximum absolute atomic E-state index is 4.49. The molecule has 20 heavy (non-hydrogen) atoms. The van der Waals surface area contributed by atoms with Crippen molar-refractivity contribution in [2.75, 3.05) is 20.6 Å². The van der Waals surface area contributed by atoms with Crippen molar-refractivity contribution >= 4 is 0 Å². The summed E-state index contributed by atoms with van der Waals surface area (Å²) in [5.41, 5.74) is 2.50. The Bertz CT molecular complexity index is 380. The molecule has 0 bridgehead atoms. The van der Waals surface area contributed by atoms with Crippen LogP contribution in [-0.2, 0) is 0 Å². The Hall–Kier alpha value is -0.930. The van der Waals surface area contributed by atoms with Crippen LogP contribution in [0, 0.1) is 6.92 Å². The van der Waals surface area contributed by atoms with Crippen molar-refractivity contribution < 1.29 is 0 Å². The molecular formula is C17H31N3. The van der Waals surface area contributed by atoms with Crippen LogP contribution < -0.4 is 5.32 Å². The molecule has 1 rings (SSSR count). The summed E-state index contributed by atoms with van der Waals surface area (Å²) in [6.45, 7) is 9.86. The van der Waals surface area contributed by atoms with Crippen LogP contribution in [-0.4, -0.2) is 36.1 Å². The first-order valence-corrected chi connectivity index (χ1v) is 7.85. The molecule has 0 saturated carbocycles. The largest absolute Gasteiger partial charge is 0.308 e. The lowest BCUT2D eigenvalue weighted by Crippen LogP contribution is -2.53. The lowest BCUT2D eigenvalue weighted by atomic mass is 9.80. The molecule has 1 atom stereocenters. The fourth-order valence-corrected chi connectivity index (χ4v) is 3.11. The summed E-state index contributed by atoms with van der Waals surface area (Å²) in [5.74, 6) is 0. The van der Waals surface area contributed by atoms with Gasteiger partial charge in [0.1, 0.15) is 0 Å². The Morgan fingerprint density at radius 1 is 1.20 bits per heavy atom. The van der Waals surface area contributed by atoms with Crippen molar-refractivity contribution in [2.45, 2.75) is 58.5 Å². The van der Waals surface area contributed by atoms with E-state index in [1.807, 2.05) is 13.1 Å². The van der Waals surface area contributed by atoms with Crippen molar-refractivity contribution in [3.63, 3.8) is 0 Å². The number of pyridine rings is 1. The second kappa shape index (κ2) is 7.75. The second-order valence-corrected chi connectivity index (χ2v) is 5.83. The summed E-state index contributed by atoms with van der Waals surface area (Å²) in [4.78, 5) is 6.87. The summed E-state index contributed by atoms with van der Waals surface area (Å²) >= 11 is 0. The Balaban J connectivity index is 3.18.